The molecule has 1 aliphatic carbocycles. The van der Waals surface area contributed by atoms with E-state index >= 15 is 0 Å². The molecule has 0 saturated heterocycles. The molecule has 1 fully saturated rings. The van der Waals surface area contributed by atoms with Crippen LogP contribution in [0.25, 0.3) is 0 Å². The summed E-state index contributed by atoms with van der Waals surface area (Å²) in [6.45, 7) is 7.07. The van der Waals surface area contributed by atoms with Crippen LogP contribution in [0.2, 0.25) is 0 Å². The van der Waals surface area contributed by atoms with E-state index in [1.165, 1.54) is 0 Å². The number of carbonyl (C=O) groups is 1. The maximum atomic E-state index is 11.5. The van der Waals surface area contributed by atoms with Crippen molar-refractivity contribution in [2.24, 2.45) is 11.8 Å². The summed E-state index contributed by atoms with van der Waals surface area (Å²) < 4.78 is 0. The molecule has 0 bridgehead atoms. The SMILES string of the molecule is CCCNC1(C(=O)O)CC(C)CCC1C. The van der Waals surface area contributed by atoms with Crippen molar-refractivity contribution in [2.75, 3.05) is 6.54 Å². The first-order valence-corrected chi connectivity index (χ1v) is 6.01. The van der Waals surface area contributed by atoms with Crippen LogP contribution >= 0.6 is 0 Å². The lowest BCUT2D eigenvalue weighted by atomic mass is 9.69. The van der Waals surface area contributed by atoms with Crippen molar-refractivity contribution in [2.45, 2.75) is 52.0 Å². The van der Waals surface area contributed by atoms with E-state index in [4.69, 9.17) is 0 Å². The van der Waals surface area contributed by atoms with E-state index in [1.807, 2.05) is 0 Å². The molecule has 88 valence electrons. The lowest BCUT2D eigenvalue weighted by Gasteiger charge is -2.42. The zero-order valence-corrected chi connectivity index (χ0v) is 10.0. The van der Waals surface area contributed by atoms with Crippen molar-refractivity contribution in [3.05, 3.63) is 0 Å². The van der Waals surface area contributed by atoms with Gasteiger partial charge in [-0.3, -0.25) is 4.79 Å². The number of aliphatic carboxylic acids is 1. The van der Waals surface area contributed by atoms with Crippen LogP contribution in [0.15, 0.2) is 0 Å². The van der Waals surface area contributed by atoms with E-state index in [9.17, 15) is 9.90 Å². The minimum atomic E-state index is -0.673. The van der Waals surface area contributed by atoms with Gasteiger partial charge < -0.3 is 10.4 Å². The molecule has 0 radical (unpaired) electrons. The molecule has 0 aromatic heterocycles. The molecule has 1 aliphatic rings. The van der Waals surface area contributed by atoms with Gasteiger partial charge in [0.2, 0.25) is 0 Å². The fourth-order valence-corrected chi connectivity index (χ4v) is 2.60. The van der Waals surface area contributed by atoms with Crippen LogP contribution in [-0.2, 0) is 4.79 Å². The maximum Gasteiger partial charge on any atom is 0.324 e. The van der Waals surface area contributed by atoms with Gasteiger partial charge in [-0.2, -0.15) is 0 Å². The van der Waals surface area contributed by atoms with Crippen LogP contribution in [0.4, 0.5) is 0 Å². The summed E-state index contributed by atoms with van der Waals surface area (Å²) in [6, 6.07) is 0. The number of carboxylic acids is 1. The first kappa shape index (κ1) is 12.5. The summed E-state index contributed by atoms with van der Waals surface area (Å²) in [5.41, 5.74) is -0.673. The van der Waals surface area contributed by atoms with E-state index in [2.05, 4.69) is 26.1 Å². The van der Waals surface area contributed by atoms with Gasteiger partial charge in [-0.25, -0.2) is 0 Å². The van der Waals surface area contributed by atoms with Crippen molar-refractivity contribution in [1.82, 2.24) is 5.32 Å². The van der Waals surface area contributed by atoms with Gasteiger partial charge in [0, 0.05) is 0 Å². The number of rotatable bonds is 4. The summed E-state index contributed by atoms with van der Waals surface area (Å²) in [5.74, 6) is 0.0782. The van der Waals surface area contributed by atoms with Gasteiger partial charge in [0.1, 0.15) is 5.54 Å². The number of nitrogens with one attached hydrogen (secondary N) is 1. The van der Waals surface area contributed by atoms with Crippen LogP contribution in [-0.4, -0.2) is 23.2 Å². The topological polar surface area (TPSA) is 49.3 Å². The Hall–Kier alpha value is -0.570. The molecule has 3 nitrogen and oxygen atoms in total. The molecule has 0 spiro atoms. The Balaban J connectivity index is 2.80. The minimum Gasteiger partial charge on any atom is -0.480 e. The Morgan fingerprint density at radius 2 is 2.13 bits per heavy atom. The first-order valence-electron chi connectivity index (χ1n) is 6.01. The summed E-state index contributed by atoms with van der Waals surface area (Å²) in [5, 5.41) is 12.7. The third-order valence-corrected chi connectivity index (χ3v) is 3.68. The van der Waals surface area contributed by atoms with Crippen molar-refractivity contribution >= 4 is 5.97 Å². The lowest BCUT2D eigenvalue weighted by molar-refractivity contribution is -0.149. The second-order valence-corrected chi connectivity index (χ2v) is 4.99. The maximum absolute atomic E-state index is 11.5. The highest BCUT2D eigenvalue weighted by atomic mass is 16.4. The smallest absolute Gasteiger partial charge is 0.324 e. The third-order valence-electron chi connectivity index (χ3n) is 3.68. The summed E-state index contributed by atoms with van der Waals surface area (Å²) >= 11 is 0. The monoisotopic (exact) mass is 213 g/mol. The van der Waals surface area contributed by atoms with Crippen molar-refractivity contribution < 1.29 is 9.90 Å². The van der Waals surface area contributed by atoms with E-state index in [0.717, 1.165) is 32.2 Å². The number of hydrogen-bond donors (Lipinski definition) is 2. The van der Waals surface area contributed by atoms with Crippen LogP contribution in [0.1, 0.15) is 46.5 Å². The van der Waals surface area contributed by atoms with Crippen LogP contribution in [0.3, 0.4) is 0 Å². The summed E-state index contributed by atoms with van der Waals surface area (Å²) in [7, 11) is 0. The number of hydrogen-bond acceptors (Lipinski definition) is 2. The first-order chi connectivity index (χ1) is 7.03. The van der Waals surface area contributed by atoms with Crippen molar-refractivity contribution in [1.29, 1.82) is 0 Å². The Labute approximate surface area is 92.3 Å². The highest BCUT2D eigenvalue weighted by molar-refractivity contribution is 5.79. The Kier molecular flexibility index (Phi) is 4.14. The zero-order valence-electron chi connectivity index (χ0n) is 10.0. The molecule has 15 heavy (non-hydrogen) atoms. The average Bonchev–Trinajstić information content (AvgIpc) is 2.19. The molecule has 2 N–H and O–H groups in total. The van der Waals surface area contributed by atoms with Crippen LogP contribution in [0, 0.1) is 11.8 Å². The molecular formula is C12H23NO2. The van der Waals surface area contributed by atoms with Gasteiger partial charge in [-0.15, -0.1) is 0 Å². The van der Waals surface area contributed by atoms with Gasteiger partial charge in [0.15, 0.2) is 0 Å². The van der Waals surface area contributed by atoms with Crippen LogP contribution < -0.4 is 5.32 Å². The normalized spacial score (nSPS) is 36.5. The minimum absolute atomic E-state index is 0.234. The largest absolute Gasteiger partial charge is 0.480 e. The van der Waals surface area contributed by atoms with Gasteiger partial charge in [-0.05, 0) is 37.6 Å². The number of carboxylic acid groups (broad SMARTS) is 1. The lowest BCUT2D eigenvalue weighted by Crippen LogP contribution is -2.59. The molecule has 3 heteroatoms. The van der Waals surface area contributed by atoms with E-state index < -0.39 is 11.5 Å². The molecule has 0 aliphatic heterocycles. The highest BCUT2D eigenvalue weighted by Crippen LogP contribution is 2.37. The average molecular weight is 213 g/mol. The highest BCUT2D eigenvalue weighted by Gasteiger charge is 2.46. The Bertz CT molecular complexity index is 230. The van der Waals surface area contributed by atoms with Gasteiger partial charge in [-0.1, -0.05) is 27.2 Å². The molecule has 1 rings (SSSR count). The predicted molar refractivity (Wildman–Crippen MR) is 60.8 cm³/mol. The molecule has 0 aromatic rings. The summed E-state index contributed by atoms with van der Waals surface area (Å²) in [6.07, 6.45) is 3.92. The van der Waals surface area contributed by atoms with Gasteiger partial charge in [0.05, 0.1) is 0 Å². The van der Waals surface area contributed by atoms with E-state index in [1.54, 1.807) is 0 Å². The molecule has 0 amide bonds. The molecule has 0 aromatic carbocycles. The molecular weight excluding hydrogens is 190 g/mol. The summed E-state index contributed by atoms with van der Waals surface area (Å²) in [4.78, 5) is 11.5. The van der Waals surface area contributed by atoms with Crippen LogP contribution in [0.5, 0.6) is 0 Å². The molecule has 3 atom stereocenters. The zero-order chi connectivity index (χ0) is 11.5. The van der Waals surface area contributed by atoms with Gasteiger partial charge in [0.25, 0.3) is 0 Å². The second kappa shape index (κ2) is 4.97. The third kappa shape index (κ3) is 2.51. The van der Waals surface area contributed by atoms with Gasteiger partial charge >= 0.3 is 5.97 Å². The molecule has 1 saturated carbocycles. The van der Waals surface area contributed by atoms with E-state index in [0.29, 0.717) is 5.92 Å². The van der Waals surface area contributed by atoms with Crippen molar-refractivity contribution in [3.8, 4) is 0 Å². The fraction of sp³-hybridized carbons (Fsp3) is 0.917. The van der Waals surface area contributed by atoms with E-state index in [-0.39, 0.29) is 5.92 Å². The second-order valence-electron chi connectivity index (χ2n) is 4.99. The molecule has 0 heterocycles. The predicted octanol–water partition coefficient (Wildman–Crippen LogP) is 2.27. The van der Waals surface area contributed by atoms with Crippen molar-refractivity contribution in [3.63, 3.8) is 0 Å². The standard InChI is InChI=1S/C12H23NO2/c1-4-7-13-12(11(14)15)8-9(2)5-6-10(12)3/h9-10,13H,4-8H2,1-3H3,(H,14,15). The fourth-order valence-electron chi connectivity index (χ4n) is 2.60. The molecule has 3 unspecified atom stereocenters. The Morgan fingerprint density at radius 1 is 1.47 bits per heavy atom. The quantitative estimate of drug-likeness (QED) is 0.753. The Morgan fingerprint density at radius 3 is 2.67 bits per heavy atom.